The number of methoxy groups -OCH3 is 2. The summed E-state index contributed by atoms with van der Waals surface area (Å²) >= 11 is 0. The van der Waals surface area contributed by atoms with E-state index in [4.69, 9.17) is 14.5 Å². The number of hydrogen-bond donors (Lipinski definition) is 0. The van der Waals surface area contributed by atoms with Gasteiger partial charge in [0.2, 0.25) is 5.91 Å². The standard InChI is InChI=1S/C26H31N3O4/c1-4-23(28(16-17-32-2)25(30)18-8-7-9-18)24-27-22-11-6-5-10-21(22)26(31)29(24)19-12-14-20(33-3)15-13-19/h5-6,10-15,18,23H,4,7-9,16-17H2,1-3H3. The zero-order chi connectivity index (χ0) is 23.4. The minimum atomic E-state index is -0.354. The second kappa shape index (κ2) is 10.2. The second-order valence-electron chi connectivity index (χ2n) is 8.40. The number of hydrogen-bond acceptors (Lipinski definition) is 5. The molecule has 1 amide bonds. The predicted octanol–water partition coefficient (Wildman–Crippen LogP) is 4.12. The Labute approximate surface area is 194 Å². The third-order valence-corrected chi connectivity index (χ3v) is 6.47. The van der Waals surface area contributed by atoms with E-state index < -0.39 is 0 Å². The second-order valence-corrected chi connectivity index (χ2v) is 8.40. The molecule has 0 radical (unpaired) electrons. The lowest BCUT2D eigenvalue weighted by atomic mass is 9.84. The summed E-state index contributed by atoms with van der Waals surface area (Å²) in [6, 6.07) is 14.3. The van der Waals surface area contributed by atoms with E-state index in [-0.39, 0.29) is 23.4 Å². The van der Waals surface area contributed by atoms with E-state index >= 15 is 0 Å². The molecule has 3 aromatic rings. The van der Waals surface area contributed by atoms with Gasteiger partial charge in [-0.05, 0) is 55.7 Å². The fraction of sp³-hybridized carbons (Fsp3) is 0.423. The van der Waals surface area contributed by atoms with Crippen molar-refractivity contribution in [2.75, 3.05) is 27.4 Å². The van der Waals surface area contributed by atoms with Crippen molar-refractivity contribution in [1.29, 1.82) is 0 Å². The molecule has 1 fully saturated rings. The first-order chi connectivity index (χ1) is 16.1. The largest absolute Gasteiger partial charge is 0.497 e. The van der Waals surface area contributed by atoms with Gasteiger partial charge in [-0.15, -0.1) is 0 Å². The Morgan fingerprint density at radius 2 is 1.88 bits per heavy atom. The van der Waals surface area contributed by atoms with Gasteiger partial charge in [0.15, 0.2) is 0 Å². The first-order valence-electron chi connectivity index (χ1n) is 11.5. The molecule has 7 heteroatoms. The van der Waals surface area contributed by atoms with E-state index in [1.54, 1.807) is 24.9 Å². The summed E-state index contributed by atoms with van der Waals surface area (Å²) in [6.45, 7) is 2.91. The molecule has 33 heavy (non-hydrogen) atoms. The van der Waals surface area contributed by atoms with Crippen LogP contribution in [-0.4, -0.2) is 47.7 Å². The summed E-state index contributed by atoms with van der Waals surface area (Å²) in [4.78, 5) is 33.9. The van der Waals surface area contributed by atoms with Gasteiger partial charge in [0.05, 0.1) is 36.3 Å². The van der Waals surface area contributed by atoms with Gasteiger partial charge in [-0.25, -0.2) is 4.98 Å². The average molecular weight is 450 g/mol. The van der Waals surface area contributed by atoms with Crippen molar-refractivity contribution < 1.29 is 14.3 Å². The number of amides is 1. The monoisotopic (exact) mass is 449 g/mol. The number of carbonyl (C=O) groups excluding carboxylic acids is 1. The van der Waals surface area contributed by atoms with Gasteiger partial charge in [-0.3, -0.25) is 14.2 Å². The van der Waals surface area contributed by atoms with Gasteiger partial charge in [-0.1, -0.05) is 25.5 Å². The van der Waals surface area contributed by atoms with Crippen LogP contribution in [0.2, 0.25) is 0 Å². The molecule has 0 bridgehead atoms. The highest BCUT2D eigenvalue weighted by atomic mass is 16.5. The summed E-state index contributed by atoms with van der Waals surface area (Å²) in [6.07, 6.45) is 3.53. The molecule has 2 aromatic carbocycles. The molecule has 1 unspecified atom stereocenters. The van der Waals surface area contributed by atoms with Gasteiger partial charge in [-0.2, -0.15) is 0 Å². The van der Waals surface area contributed by atoms with Crippen LogP contribution in [0.5, 0.6) is 5.75 Å². The average Bonchev–Trinajstić information content (AvgIpc) is 2.81. The van der Waals surface area contributed by atoms with E-state index in [2.05, 4.69) is 0 Å². The topological polar surface area (TPSA) is 73.7 Å². The van der Waals surface area contributed by atoms with Crippen molar-refractivity contribution in [3.05, 3.63) is 64.7 Å². The Balaban J connectivity index is 1.90. The third kappa shape index (κ3) is 4.50. The Hall–Kier alpha value is -3.19. The minimum Gasteiger partial charge on any atom is -0.497 e. The Bertz CT molecular complexity index is 1170. The first-order valence-corrected chi connectivity index (χ1v) is 11.5. The van der Waals surface area contributed by atoms with E-state index in [1.165, 1.54) is 0 Å². The van der Waals surface area contributed by atoms with Crippen molar-refractivity contribution >= 4 is 16.8 Å². The quantitative estimate of drug-likeness (QED) is 0.491. The molecule has 4 rings (SSSR count). The van der Waals surface area contributed by atoms with Gasteiger partial charge in [0.1, 0.15) is 11.6 Å². The molecule has 0 saturated heterocycles. The maximum absolute atomic E-state index is 13.7. The number of aromatic nitrogens is 2. The lowest BCUT2D eigenvalue weighted by Crippen LogP contribution is -2.44. The maximum Gasteiger partial charge on any atom is 0.266 e. The number of para-hydroxylation sites is 1. The van der Waals surface area contributed by atoms with Crippen molar-refractivity contribution in [2.24, 2.45) is 5.92 Å². The van der Waals surface area contributed by atoms with Crippen molar-refractivity contribution in [2.45, 2.75) is 38.6 Å². The van der Waals surface area contributed by atoms with Gasteiger partial charge < -0.3 is 14.4 Å². The van der Waals surface area contributed by atoms with Crippen LogP contribution in [0.15, 0.2) is 53.3 Å². The number of nitrogens with zero attached hydrogens (tertiary/aromatic N) is 3. The third-order valence-electron chi connectivity index (χ3n) is 6.47. The summed E-state index contributed by atoms with van der Waals surface area (Å²) < 4.78 is 12.3. The van der Waals surface area contributed by atoms with E-state index in [0.717, 1.165) is 19.3 Å². The molecule has 7 nitrogen and oxygen atoms in total. The zero-order valence-electron chi connectivity index (χ0n) is 19.5. The summed E-state index contributed by atoms with van der Waals surface area (Å²) in [7, 11) is 3.24. The van der Waals surface area contributed by atoms with Crippen LogP contribution >= 0.6 is 0 Å². The summed E-state index contributed by atoms with van der Waals surface area (Å²) in [5.41, 5.74) is 1.17. The van der Waals surface area contributed by atoms with Crippen LogP contribution in [0.25, 0.3) is 16.6 Å². The van der Waals surface area contributed by atoms with Crippen LogP contribution in [0.3, 0.4) is 0 Å². The van der Waals surface area contributed by atoms with Gasteiger partial charge in [0, 0.05) is 19.6 Å². The Kier molecular flexibility index (Phi) is 7.08. The molecule has 1 aliphatic carbocycles. The molecule has 0 spiro atoms. The predicted molar refractivity (Wildman–Crippen MR) is 128 cm³/mol. The molecule has 174 valence electrons. The Morgan fingerprint density at radius 3 is 2.48 bits per heavy atom. The van der Waals surface area contributed by atoms with Gasteiger partial charge in [0.25, 0.3) is 5.56 Å². The highest BCUT2D eigenvalue weighted by Crippen LogP contribution is 2.33. The zero-order valence-corrected chi connectivity index (χ0v) is 19.5. The van der Waals surface area contributed by atoms with E-state index in [1.807, 2.05) is 54.3 Å². The van der Waals surface area contributed by atoms with Crippen molar-refractivity contribution in [1.82, 2.24) is 14.5 Å². The van der Waals surface area contributed by atoms with Crippen molar-refractivity contribution in [3.8, 4) is 11.4 Å². The SMILES string of the molecule is CCC(c1nc2ccccc2c(=O)n1-c1ccc(OC)cc1)N(CCOC)C(=O)C1CCC1. The van der Waals surface area contributed by atoms with Gasteiger partial charge >= 0.3 is 0 Å². The van der Waals surface area contributed by atoms with Crippen LogP contribution in [0.4, 0.5) is 0 Å². The van der Waals surface area contributed by atoms with E-state index in [0.29, 0.717) is 47.7 Å². The molecule has 1 saturated carbocycles. The molecule has 1 atom stereocenters. The van der Waals surface area contributed by atoms with E-state index in [9.17, 15) is 9.59 Å². The molecule has 0 aliphatic heterocycles. The summed E-state index contributed by atoms with van der Waals surface area (Å²) in [5.74, 6) is 1.43. The minimum absolute atomic E-state index is 0.0394. The molecule has 1 aliphatic rings. The number of benzene rings is 2. The lowest BCUT2D eigenvalue weighted by Gasteiger charge is -2.37. The smallest absolute Gasteiger partial charge is 0.266 e. The van der Waals surface area contributed by atoms with Crippen LogP contribution in [0, 0.1) is 5.92 Å². The summed E-state index contributed by atoms with van der Waals surface area (Å²) in [5, 5.41) is 0.542. The van der Waals surface area contributed by atoms with Crippen LogP contribution in [0.1, 0.15) is 44.5 Å². The molecule has 0 N–H and O–H groups in total. The highest BCUT2D eigenvalue weighted by Gasteiger charge is 2.35. The first kappa shape index (κ1) is 23.0. The number of ether oxygens (including phenoxy) is 2. The normalized spacial score (nSPS) is 14.6. The fourth-order valence-electron chi connectivity index (χ4n) is 4.40. The van der Waals surface area contributed by atoms with Crippen LogP contribution < -0.4 is 10.3 Å². The number of fused-ring (bicyclic) bond motifs is 1. The molecular formula is C26H31N3O4. The number of carbonyl (C=O) groups is 1. The maximum atomic E-state index is 13.7. The molecule has 1 aromatic heterocycles. The number of rotatable bonds is 9. The van der Waals surface area contributed by atoms with Crippen molar-refractivity contribution in [3.63, 3.8) is 0 Å². The fourth-order valence-corrected chi connectivity index (χ4v) is 4.40. The molecule has 1 heterocycles. The lowest BCUT2D eigenvalue weighted by molar-refractivity contribution is -0.142. The highest BCUT2D eigenvalue weighted by molar-refractivity contribution is 5.81. The van der Waals surface area contributed by atoms with Crippen LogP contribution in [-0.2, 0) is 9.53 Å². The Morgan fingerprint density at radius 1 is 1.15 bits per heavy atom. The molecular weight excluding hydrogens is 418 g/mol.